The molecule has 0 aliphatic rings. The lowest BCUT2D eigenvalue weighted by molar-refractivity contribution is 0.257. The number of nitrogens with two attached hydrogens (primary N) is 1. The first-order valence-electron chi connectivity index (χ1n) is 3.66. The van der Waals surface area contributed by atoms with Crippen molar-refractivity contribution >= 4 is 17.3 Å². The molecular weight excluding hydrogens is 176 g/mol. The molecule has 0 amide bonds. The Bertz CT molecular complexity index is 237. The number of nitrogens with zero attached hydrogens (tertiary/aromatic N) is 1. The lowest BCUT2D eigenvalue weighted by atomic mass is 10.3. The molecule has 4 heteroatoms. The number of halogens is 1. The van der Waals surface area contributed by atoms with Crippen LogP contribution < -0.4 is 10.8 Å². The second-order valence-corrected chi connectivity index (χ2v) is 2.82. The molecule has 0 aromatic heterocycles. The molecule has 1 rings (SSSR count). The molecule has 0 saturated carbocycles. The fourth-order valence-corrected chi connectivity index (χ4v) is 0.991. The summed E-state index contributed by atoms with van der Waals surface area (Å²) in [5.74, 6) is 0. The van der Waals surface area contributed by atoms with E-state index in [9.17, 15) is 5.21 Å². The van der Waals surface area contributed by atoms with Crippen LogP contribution in [-0.4, -0.2) is 18.3 Å². The van der Waals surface area contributed by atoms with Gasteiger partial charge in [-0.25, -0.2) is 0 Å². The Morgan fingerprint density at radius 1 is 1.33 bits per heavy atom. The maximum absolute atomic E-state index is 9.32. The van der Waals surface area contributed by atoms with Crippen molar-refractivity contribution in [3.63, 3.8) is 0 Å². The summed E-state index contributed by atoms with van der Waals surface area (Å²) in [6.07, 6.45) is 0. The first-order chi connectivity index (χ1) is 5.74. The Balaban J connectivity index is 2.68. The van der Waals surface area contributed by atoms with E-state index >= 15 is 0 Å². The molecule has 0 aliphatic carbocycles. The first-order valence-corrected chi connectivity index (χ1v) is 4.04. The summed E-state index contributed by atoms with van der Waals surface area (Å²) in [6.45, 7) is 0.834. The third kappa shape index (κ3) is 2.37. The van der Waals surface area contributed by atoms with E-state index in [4.69, 9.17) is 17.3 Å². The summed E-state index contributed by atoms with van der Waals surface area (Å²) in [7, 11) is 0. The fraction of sp³-hybridized carbons (Fsp3) is 0.250. The van der Waals surface area contributed by atoms with E-state index < -0.39 is 0 Å². The minimum atomic E-state index is 0.416. The normalized spacial score (nSPS) is 9.92. The van der Waals surface area contributed by atoms with Gasteiger partial charge in [0, 0.05) is 11.6 Å². The topological polar surface area (TPSA) is 49.5 Å². The number of anilines is 1. The van der Waals surface area contributed by atoms with Gasteiger partial charge in [-0.3, -0.25) is 10.3 Å². The number of benzene rings is 1. The van der Waals surface area contributed by atoms with Gasteiger partial charge in [0.25, 0.3) is 0 Å². The van der Waals surface area contributed by atoms with E-state index in [-0.39, 0.29) is 0 Å². The number of hydrogen-bond donors (Lipinski definition) is 2. The molecule has 0 aliphatic heterocycles. The summed E-state index contributed by atoms with van der Waals surface area (Å²) in [5.41, 5.74) is 5.97. The van der Waals surface area contributed by atoms with Gasteiger partial charge in [-0.05, 0) is 24.3 Å². The predicted octanol–water partition coefficient (Wildman–Crippen LogP) is 1.49. The molecular formula is C8H11ClN2O. The maximum atomic E-state index is 9.32. The van der Waals surface area contributed by atoms with Gasteiger partial charge in [0.2, 0.25) is 0 Å². The van der Waals surface area contributed by atoms with E-state index in [1.54, 1.807) is 24.3 Å². The second kappa shape index (κ2) is 4.30. The van der Waals surface area contributed by atoms with Crippen LogP contribution in [0.3, 0.4) is 0 Å². The maximum Gasteiger partial charge on any atom is 0.0635 e. The third-order valence-electron chi connectivity index (χ3n) is 1.47. The standard InChI is InChI=1S/C8H11ClN2O/c9-7-1-3-8(4-2-7)11(12)6-5-10/h1-4,12H,5-6,10H2. The first kappa shape index (κ1) is 9.32. The molecule has 3 N–H and O–H groups in total. The van der Waals surface area contributed by atoms with Gasteiger partial charge in [-0.1, -0.05) is 11.6 Å². The number of rotatable bonds is 3. The summed E-state index contributed by atoms with van der Waals surface area (Å²) in [6, 6.07) is 6.91. The second-order valence-electron chi connectivity index (χ2n) is 2.39. The summed E-state index contributed by atoms with van der Waals surface area (Å²) < 4.78 is 0. The highest BCUT2D eigenvalue weighted by Gasteiger charge is 1.99. The average Bonchev–Trinajstić information content (AvgIpc) is 2.06. The number of hydroxylamine groups is 1. The molecule has 0 saturated heterocycles. The van der Waals surface area contributed by atoms with Crippen molar-refractivity contribution in [1.29, 1.82) is 0 Å². The highest BCUT2D eigenvalue weighted by Crippen LogP contribution is 2.15. The average molecular weight is 187 g/mol. The van der Waals surface area contributed by atoms with Gasteiger partial charge in [0.1, 0.15) is 0 Å². The molecule has 0 radical (unpaired) electrons. The molecule has 0 bridgehead atoms. The molecule has 0 atom stereocenters. The van der Waals surface area contributed by atoms with Gasteiger partial charge in [-0.2, -0.15) is 0 Å². The zero-order valence-electron chi connectivity index (χ0n) is 6.57. The predicted molar refractivity (Wildman–Crippen MR) is 49.6 cm³/mol. The molecule has 0 spiro atoms. The van der Waals surface area contributed by atoms with E-state index in [0.717, 1.165) is 5.06 Å². The largest absolute Gasteiger partial charge is 0.329 e. The highest BCUT2D eigenvalue weighted by atomic mass is 35.5. The van der Waals surface area contributed by atoms with Crippen molar-refractivity contribution in [1.82, 2.24) is 0 Å². The fourth-order valence-electron chi connectivity index (χ4n) is 0.865. The van der Waals surface area contributed by atoms with Crippen molar-refractivity contribution in [2.24, 2.45) is 5.73 Å². The summed E-state index contributed by atoms with van der Waals surface area (Å²) >= 11 is 5.67. The number of hydrogen-bond acceptors (Lipinski definition) is 3. The summed E-state index contributed by atoms with van der Waals surface area (Å²) in [4.78, 5) is 0. The van der Waals surface area contributed by atoms with Crippen LogP contribution in [0.5, 0.6) is 0 Å². The third-order valence-corrected chi connectivity index (χ3v) is 1.72. The molecule has 0 fully saturated rings. The highest BCUT2D eigenvalue weighted by molar-refractivity contribution is 6.30. The molecule has 0 unspecified atom stereocenters. The van der Waals surface area contributed by atoms with Crippen LogP contribution in [0, 0.1) is 0 Å². The zero-order chi connectivity index (χ0) is 8.97. The van der Waals surface area contributed by atoms with Crippen molar-refractivity contribution in [3.05, 3.63) is 29.3 Å². The SMILES string of the molecule is NCCN(O)c1ccc(Cl)cc1. The molecule has 1 aromatic rings. The Labute approximate surface area is 76.3 Å². The van der Waals surface area contributed by atoms with Gasteiger partial charge in [0.05, 0.1) is 12.2 Å². The Morgan fingerprint density at radius 2 is 1.92 bits per heavy atom. The smallest absolute Gasteiger partial charge is 0.0635 e. The minimum Gasteiger partial charge on any atom is -0.329 e. The van der Waals surface area contributed by atoms with Crippen LogP contribution >= 0.6 is 11.6 Å². The van der Waals surface area contributed by atoms with E-state index in [2.05, 4.69) is 0 Å². The molecule has 3 nitrogen and oxygen atoms in total. The van der Waals surface area contributed by atoms with Crippen molar-refractivity contribution in [3.8, 4) is 0 Å². The molecule has 66 valence electrons. The van der Waals surface area contributed by atoms with Gasteiger partial charge in [-0.15, -0.1) is 0 Å². The quantitative estimate of drug-likeness (QED) is 0.704. The van der Waals surface area contributed by atoms with E-state index in [1.165, 1.54) is 0 Å². The van der Waals surface area contributed by atoms with Crippen LogP contribution in [0.1, 0.15) is 0 Å². The van der Waals surface area contributed by atoms with Gasteiger partial charge < -0.3 is 5.73 Å². The molecule has 0 heterocycles. The molecule has 12 heavy (non-hydrogen) atoms. The van der Waals surface area contributed by atoms with E-state index in [1.807, 2.05) is 0 Å². The van der Waals surface area contributed by atoms with Crippen LogP contribution in [-0.2, 0) is 0 Å². The van der Waals surface area contributed by atoms with Gasteiger partial charge >= 0.3 is 0 Å². The van der Waals surface area contributed by atoms with Crippen LogP contribution in [0.4, 0.5) is 5.69 Å². The Hall–Kier alpha value is -0.770. The zero-order valence-corrected chi connectivity index (χ0v) is 7.33. The molecule has 1 aromatic carbocycles. The van der Waals surface area contributed by atoms with Crippen LogP contribution in [0.15, 0.2) is 24.3 Å². The van der Waals surface area contributed by atoms with E-state index in [0.29, 0.717) is 23.8 Å². The van der Waals surface area contributed by atoms with Crippen molar-refractivity contribution < 1.29 is 5.21 Å². The van der Waals surface area contributed by atoms with Crippen molar-refractivity contribution in [2.75, 3.05) is 18.2 Å². The monoisotopic (exact) mass is 186 g/mol. The van der Waals surface area contributed by atoms with Gasteiger partial charge in [0.15, 0.2) is 0 Å². The van der Waals surface area contributed by atoms with Crippen LogP contribution in [0.2, 0.25) is 5.02 Å². The minimum absolute atomic E-state index is 0.416. The lowest BCUT2D eigenvalue weighted by Crippen LogP contribution is -2.25. The Morgan fingerprint density at radius 3 is 2.42 bits per heavy atom. The van der Waals surface area contributed by atoms with Crippen molar-refractivity contribution in [2.45, 2.75) is 0 Å². The lowest BCUT2D eigenvalue weighted by Gasteiger charge is -2.15. The summed E-state index contributed by atoms with van der Waals surface area (Å²) in [5, 5.41) is 11.1. The Kier molecular flexibility index (Phi) is 3.34. The van der Waals surface area contributed by atoms with Crippen LogP contribution in [0.25, 0.3) is 0 Å².